The number of rotatable bonds is 5. The molecule has 2 aromatic rings. The number of nitrogens with one attached hydrogen (secondary N) is 1. The molecule has 1 atom stereocenters. The van der Waals surface area contributed by atoms with Crippen LogP contribution in [0.1, 0.15) is 17.4 Å². The Kier molecular flexibility index (Phi) is 4.39. The van der Waals surface area contributed by atoms with Gasteiger partial charge in [0.05, 0.1) is 10.9 Å². The fourth-order valence-corrected chi connectivity index (χ4v) is 1.92. The predicted molar refractivity (Wildman–Crippen MR) is 66.9 cm³/mol. The normalized spacial score (nSPS) is 13.8. The molecule has 20 heavy (non-hydrogen) atoms. The molecule has 0 aliphatic heterocycles. The van der Waals surface area contributed by atoms with Gasteiger partial charge in [-0.05, 0) is 24.1 Å². The highest BCUT2D eigenvalue weighted by molar-refractivity contribution is 6.20. The second-order valence-electron chi connectivity index (χ2n) is 4.19. The van der Waals surface area contributed by atoms with Crippen molar-refractivity contribution in [2.45, 2.75) is 18.0 Å². The molecule has 2 rings (SSSR count). The summed E-state index contributed by atoms with van der Waals surface area (Å²) < 4.78 is 45.0. The highest BCUT2D eigenvalue weighted by Crippen LogP contribution is 2.27. The number of hydrogen-bond donors (Lipinski definition) is 1. The average Bonchev–Trinajstić information content (AvgIpc) is 2.72. The highest BCUT2D eigenvalue weighted by Gasteiger charge is 2.27. The van der Waals surface area contributed by atoms with Crippen LogP contribution >= 0.6 is 11.6 Å². The van der Waals surface area contributed by atoms with E-state index in [1.54, 1.807) is 18.2 Å². The third-order valence-corrected chi connectivity index (χ3v) is 3.06. The summed E-state index contributed by atoms with van der Waals surface area (Å²) in [7, 11) is 0. The molecule has 0 saturated carbocycles. The van der Waals surface area contributed by atoms with Gasteiger partial charge in [0.2, 0.25) is 0 Å². The Morgan fingerprint density at radius 1 is 1.40 bits per heavy atom. The second kappa shape index (κ2) is 5.88. The Bertz CT molecular complexity index is 635. The van der Waals surface area contributed by atoms with Crippen molar-refractivity contribution in [1.29, 1.82) is 0 Å². The third-order valence-electron chi connectivity index (χ3n) is 2.59. The Morgan fingerprint density at radius 3 is 2.85 bits per heavy atom. The molecule has 1 aromatic carbocycles. The van der Waals surface area contributed by atoms with Gasteiger partial charge < -0.3 is 9.15 Å². The molecule has 1 aromatic heterocycles. The number of benzene rings is 1. The number of oxazole rings is 1. The van der Waals surface area contributed by atoms with Gasteiger partial charge in [0.1, 0.15) is 6.61 Å². The van der Waals surface area contributed by atoms with Crippen LogP contribution in [0.3, 0.4) is 0 Å². The molecular formula is C12H11ClF3NO3. The molecule has 0 radical (unpaired) electrons. The SMILES string of the molecule is O=c1[nH]c2ccc(C(Cl)CCOCC(F)(F)F)cc2o1. The van der Waals surface area contributed by atoms with E-state index in [9.17, 15) is 18.0 Å². The lowest BCUT2D eigenvalue weighted by atomic mass is 10.1. The second-order valence-corrected chi connectivity index (χ2v) is 4.72. The number of halogens is 4. The van der Waals surface area contributed by atoms with E-state index in [1.165, 1.54) is 0 Å². The summed E-state index contributed by atoms with van der Waals surface area (Å²) in [4.78, 5) is 13.5. The van der Waals surface area contributed by atoms with Crippen LogP contribution in [0.4, 0.5) is 13.2 Å². The zero-order valence-electron chi connectivity index (χ0n) is 10.2. The van der Waals surface area contributed by atoms with Gasteiger partial charge in [-0.15, -0.1) is 11.6 Å². The van der Waals surface area contributed by atoms with E-state index in [0.717, 1.165) is 0 Å². The molecule has 1 heterocycles. The molecule has 1 unspecified atom stereocenters. The molecular weight excluding hydrogens is 299 g/mol. The van der Waals surface area contributed by atoms with E-state index in [-0.39, 0.29) is 13.0 Å². The number of H-pyrrole nitrogens is 1. The first kappa shape index (κ1) is 14.9. The number of fused-ring (bicyclic) bond motifs is 1. The fourth-order valence-electron chi connectivity index (χ4n) is 1.70. The van der Waals surface area contributed by atoms with Crippen LogP contribution in [-0.2, 0) is 4.74 Å². The van der Waals surface area contributed by atoms with Gasteiger partial charge in [0.15, 0.2) is 5.58 Å². The Hall–Kier alpha value is -1.47. The predicted octanol–water partition coefficient (Wildman–Crippen LogP) is 3.37. The molecule has 0 aliphatic carbocycles. The van der Waals surface area contributed by atoms with Gasteiger partial charge in [0, 0.05) is 6.61 Å². The van der Waals surface area contributed by atoms with Crippen molar-refractivity contribution in [2.75, 3.05) is 13.2 Å². The van der Waals surface area contributed by atoms with E-state index in [2.05, 4.69) is 9.72 Å². The van der Waals surface area contributed by atoms with Crippen molar-refractivity contribution in [1.82, 2.24) is 4.98 Å². The van der Waals surface area contributed by atoms with Crippen LogP contribution < -0.4 is 5.76 Å². The van der Waals surface area contributed by atoms with Crippen LogP contribution in [0.25, 0.3) is 11.1 Å². The standard InChI is InChI=1S/C12H11ClF3NO3/c13-8(3-4-19-6-12(14,15)16)7-1-2-9-10(5-7)20-11(18)17-9/h1-2,5,8H,3-4,6H2,(H,17,18). The zero-order valence-corrected chi connectivity index (χ0v) is 10.9. The van der Waals surface area contributed by atoms with Gasteiger partial charge in [0.25, 0.3) is 0 Å². The van der Waals surface area contributed by atoms with Crippen molar-refractivity contribution >= 4 is 22.7 Å². The van der Waals surface area contributed by atoms with Crippen molar-refractivity contribution in [3.63, 3.8) is 0 Å². The zero-order chi connectivity index (χ0) is 14.8. The molecule has 110 valence electrons. The lowest BCUT2D eigenvalue weighted by Crippen LogP contribution is -2.17. The van der Waals surface area contributed by atoms with Crippen LogP contribution in [0.15, 0.2) is 27.4 Å². The summed E-state index contributed by atoms with van der Waals surface area (Å²) >= 11 is 6.07. The Morgan fingerprint density at radius 2 is 2.15 bits per heavy atom. The Balaban J connectivity index is 1.93. The number of aromatic nitrogens is 1. The number of ether oxygens (including phenoxy) is 1. The number of alkyl halides is 4. The summed E-state index contributed by atoms with van der Waals surface area (Å²) in [5, 5.41) is -0.521. The lowest BCUT2D eigenvalue weighted by Gasteiger charge is -2.11. The first-order chi connectivity index (χ1) is 9.35. The van der Waals surface area contributed by atoms with Gasteiger partial charge >= 0.3 is 11.9 Å². The van der Waals surface area contributed by atoms with Crippen LogP contribution in [0.5, 0.6) is 0 Å². The van der Waals surface area contributed by atoms with Crippen molar-refractivity contribution in [3.05, 3.63) is 34.3 Å². The highest BCUT2D eigenvalue weighted by atomic mass is 35.5. The van der Waals surface area contributed by atoms with E-state index in [1.807, 2.05) is 0 Å². The van der Waals surface area contributed by atoms with E-state index >= 15 is 0 Å². The Labute approximate surface area is 116 Å². The largest absolute Gasteiger partial charge is 0.417 e. The smallest absolute Gasteiger partial charge is 0.408 e. The maximum Gasteiger partial charge on any atom is 0.417 e. The first-order valence-electron chi connectivity index (χ1n) is 5.76. The van der Waals surface area contributed by atoms with Gasteiger partial charge in [-0.1, -0.05) is 6.07 Å². The van der Waals surface area contributed by atoms with E-state index in [4.69, 9.17) is 16.0 Å². The summed E-state index contributed by atoms with van der Waals surface area (Å²) in [6, 6.07) is 4.88. The minimum absolute atomic E-state index is 0.108. The molecule has 0 saturated heterocycles. The summed E-state index contributed by atoms with van der Waals surface area (Å²) in [5.74, 6) is -0.572. The van der Waals surface area contributed by atoms with Crippen molar-refractivity contribution < 1.29 is 22.3 Å². The average molecular weight is 310 g/mol. The fraction of sp³-hybridized carbons (Fsp3) is 0.417. The molecule has 0 fully saturated rings. The maximum atomic E-state index is 11.9. The van der Waals surface area contributed by atoms with E-state index < -0.39 is 23.9 Å². The van der Waals surface area contributed by atoms with Crippen molar-refractivity contribution in [2.24, 2.45) is 0 Å². The summed E-state index contributed by atoms with van der Waals surface area (Å²) in [6.45, 7) is -1.40. The quantitative estimate of drug-likeness (QED) is 0.680. The number of aromatic amines is 1. The van der Waals surface area contributed by atoms with Crippen LogP contribution in [0.2, 0.25) is 0 Å². The molecule has 4 nitrogen and oxygen atoms in total. The molecule has 0 spiro atoms. The molecule has 0 aliphatic rings. The lowest BCUT2D eigenvalue weighted by molar-refractivity contribution is -0.174. The summed E-state index contributed by atoms with van der Waals surface area (Å²) in [5.41, 5.74) is 1.54. The van der Waals surface area contributed by atoms with Gasteiger partial charge in [-0.3, -0.25) is 4.98 Å². The van der Waals surface area contributed by atoms with Gasteiger partial charge in [-0.25, -0.2) is 4.79 Å². The first-order valence-corrected chi connectivity index (χ1v) is 6.20. The molecule has 8 heteroatoms. The molecule has 0 amide bonds. The summed E-state index contributed by atoms with van der Waals surface area (Å²) in [6.07, 6.45) is -4.12. The maximum absolute atomic E-state index is 11.9. The van der Waals surface area contributed by atoms with Crippen LogP contribution in [-0.4, -0.2) is 24.4 Å². The van der Waals surface area contributed by atoms with Crippen LogP contribution in [0, 0.1) is 0 Å². The van der Waals surface area contributed by atoms with Gasteiger partial charge in [-0.2, -0.15) is 13.2 Å². The van der Waals surface area contributed by atoms with Crippen molar-refractivity contribution in [3.8, 4) is 0 Å². The molecule has 0 bridgehead atoms. The molecule has 1 N–H and O–H groups in total. The minimum Gasteiger partial charge on any atom is -0.408 e. The topological polar surface area (TPSA) is 55.2 Å². The number of hydrogen-bond acceptors (Lipinski definition) is 3. The van der Waals surface area contributed by atoms with E-state index in [0.29, 0.717) is 16.7 Å². The minimum atomic E-state index is -4.34. The third kappa shape index (κ3) is 4.01. The monoisotopic (exact) mass is 309 g/mol.